The molecule has 0 aliphatic rings. The first-order valence-corrected chi connectivity index (χ1v) is 4.90. The fourth-order valence-corrected chi connectivity index (χ4v) is 1.85. The molecule has 3 aromatic rings. The van der Waals surface area contributed by atoms with Gasteiger partial charge in [-0.1, -0.05) is 24.3 Å². The molecule has 16 heavy (non-hydrogen) atoms. The maximum Gasteiger partial charge on any atom is 0.336 e. The molecule has 0 aliphatic carbocycles. The predicted molar refractivity (Wildman–Crippen MR) is 61.7 cm³/mol. The molecule has 0 bridgehead atoms. The van der Waals surface area contributed by atoms with Crippen molar-refractivity contribution in [3.63, 3.8) is 0 Å². The molecule has 0 aliphatic heterocycles. The Hall–Kier alpha value is -2.29. The van der Waals surface area contributed by atoms with E-state index in [0.29, 0.717) is 5.39 Å². The summed E-state index contributed by atoms with van der Waals surface area (Å²) in [6.45, 7) is 0. The largest absolute Gasteiger partial charge is 0.504 e. The van der Waals surface area contributed by atoms with Crippen LogP contribution in [0.4, 0.5) is 0 Å². The standard InChI is InChI=1S/C13H8O3/c14-11-6-5-9-7-8-3-1-2-4-10(8)12(15)13(9)16-11/h1-7,15H. The zero-order valence-electron chi connectivity index (χ0n) is 8.31. The van der Waals surface area contributed by atoms with Crippen LogP contribution in [0.1, 0.15) is 0 Å². The predicted octanol–water partition coefficient (Wildman–Crippen LogP) is 2.65. The van der Waals surface area contributed by atoms with E-state index in [1.807, 2.05) is 24.3 Å². The van der Waals surface area contributed by atoms with Crippen LogP contribution in [0.2, 0.25) is 0 Å². The van der Waals surface area contributed by atoms with Gasteiger partial charge in [-0.2, -0.15) is 0 Å². The number of rotatable bonds is 0. The molecule has 0 saturated carbocycles. The van der Waals surface area contributed by atoms with Crippen molar-refractivity contribution in [2.45, 2.75) is 0 Å². The third-order valence-electron chi connectivity index (χ3n) is 2.61. The second-order valence-electron chi connectivity index (χ2n) is 3.62. The summed E-state index contributed by atoms with van der Waals surface area (Å²) >= 11 is 0. The maximum absolute atomic E-state index is 11.1. The third-order valence-corrected chi connectivity index (χ3v) is 2.61. The lowest BCUT2D eigenvalue weighted by molar-refractivity contribution is 0.462. The minimum Gasteiger partial charge on any atom is -0.504 e. The first kappa shape index (κ1) is 8.97. The third kappa shape index (κ3) is 1.18. The molecule has 0 saturated heterocycles. The number of benzene rings is 2. The first-order valence-electron chi connectivity index (χ1n) is 4.90. The van der Waals surface area contributed by atoms with Crippen LogP contribution in [-0.2, 0) is 0 Å². The fourth-order valence-electron chi connectivity index (χ4n) is 1.85. The number of hydrogen-bond acceptors (Lipinski definition) is 3. The van der Waals surface area contributed by atoms with Crippen molar-refractivity contribution in [2.75, 3.05) is 0 Å². The Morgan fingerprint density at radius 3 is 2.69 bits per heavy atom. The average Bonchev–Trinajstić information content (AvgIpc) is 2.31. The molecule has 2 aromatic carbocycles. The van der Waals surface area contributed by atoms with Crippen LogP contribution in [0.5, 0.6) is 5.75 Å². The van der Waals surface area contributed by atoms with Crippen LogP contribution >= 0.6 is 0 Å². The first-order chi connectivity index (χ1) is 7.75. The van der Waals surface area contributed by atoms with Gasteiger partial charge in [0.2, 0.25) is 0 Å². The molecule has 0 unspecified atom stereocenters. The van der Waals surface area contributed by atoms with Gasteiger partial charge in [-0.3, -0.25) is 0 Å². The van der Waals surface area contributed by atoms with Crippen LogP contribution in [0.3, 0.4) is 0 Å². The summed E-state index contributed by atoms with van der Waals surface area (Å²) in [4.78, 5) is 11.1. The maximum atomic E-state index is 11.1. The van der Waals surface area contributed by atoms with Crippen molar-refractivity contribution < 1.29 is 9.52 Å². The molecule has 3 heteroatoms. The van der Waals surface area contributed by atoms with Gasteiger partial charge in [0, 0.05) is 16.8 Å². The van der Waals surface area contributed by atoms with E-state index in [0.717, 1.165) is 10.8 Å². The number of phenols is 1. The van der Waals surface area contributed by atoms with Crippen molar-refractivity contribution in [2.24, 2.45) is 0 Å². The van der Waals surface area contributed by atoms with Gasteiger partial charge in [0.1, 0.15) is 0 Å². The van der Waals surface area contributed by atoms with Crippen molar-refractivity contribution in [3.05, 3.63) is 52.9 Å². The summed E-state index contributed by atoms with van der Waals surface area (Å²) in [5.41, 5.74) is -0.218. The normalized spacial score (nSPS) is 11.0. The van der Waals surface area contributed by atoms with E-state index in [1.54, 1.807) is 12.1 Å². The summed E-state index contributed by atoms with van der Waals surface area (Å²) in [5.74, 6) is 0.0193. The van der Waals surface area contributed by atoms with Crippen LogP contribution < -0.4 is 5.63 Å². The Balaban J connectivity index is 2.61. The highest BCUT2D eigenvalue weighted by Crippen LogP contribution is 2.32. The van der Waals surface area contributed by atoms with Crippen LogP contribution in [0.25, 0.3) is 21.7 Å². The summed E-state index contributed by atoms with van der Waals surface area (Å²) in [5, 5.41) is 12.3. The molecule has 78 valence electrons. The van der Waals surface area contributed by atoms with E-state index >= 15 is 0 Å². The molecule has 0 amide bonds. The van der Waals surface area contributed by atoms with E-state index < -0.39 is 5.63 Å². The van der Waals surface area contributed by atoms with Gasteiger partial charge < -0.3 is 9.52 Å². The van der Waals surface area contributed by atoms with E-state index in [2.05, 4.69) is 0 Å². The minimum absolute atomic E-state index is 0.0193. The van der Waals surface area contributed by atoms with E-state index in [1.165, 1.54) is 6.07 Å². The van der Waals surface area contributed by atoms with Gasteiger partial charge in [0.05, 0.1) is 0 Å². The molecule has 1 N–H and O–H groups in total. The molecular formula is C13H8O3. The molecule has 3 rings (SSSR count). The Morgan fingerprint density at radius 1 is 1.00 bits per heavy atom. The second-order valence-corrected chi connectivity index (χ2v) is 3.62. The molecule has 0 fully saturated rings. The van der Waals surface area contributed by atoms with E-state index in [9.17, 15) is 9.90 Å². The zero-order chi connectivity index (χ0) is 11.1. The molecule has 0 radical (unpaired) electrons. The van der Waals surface area contributed by atoms with Gasteiger partial charge in [0.25, 0.3) is 0 Å². The molecule has 1 aromatic heterocycles. The summed E-state index contributed by atoms with van der Waals surface area (Å²) in [6.07, 6.45) is 0. The Bertz CT molecular complexity index is 741. The zero-order valence-corrected chi connectivity index (χ0v) is 8.31. The molecule has 0 spiro atoms. The Labute approximate surface area is 90.6 Å². The smallest absolute Gasteiger partial charge is 0.336 e. The molecule has 0 atom stereocenters. The highest BCUT2D eigenvalue weighted by molar-refractivity contribution is 6.02. The SMILES string of the molecule is O=c1ccc2cc3ccccc3c(O)c2o1. The number of fused-ring (bicyclic) bond motifs is 2. The summed E-state index contributed by atoms with van der Waals surface area (Å²) in [6, 6.07) is 12.3. The van der Waals surface area contributed by atoms with Crippen LogP contribution in [0, 0.1) is 0 Å². The highest BCUT2D eigenvalue weighted by Gasteiger charge is 2.08. The van der Waals surface area contributed by atoms with Gasteiger partial charge >= 0.3 is 5.63 Å². The highest BCUT2D eigenvalue weighted by atomic mass is 16.4. The molecule has 3 nitrogen and oxygen atoms in total. The van der Waals surface area contributed by atoms with E-state index in [4.69, 9.17) is 4.42 Å². The average molecular weight is 212 g/mol. The van der Waals surface area contributed by atoms with Crippen molar-refractivity contribution in [1.82, 2.24) is 0 Å². The van der Waals surface area contributed by atoms with Crippen LogP contribution in [0.15, 0.2) is 51.7 Å². The number of aromatic hydroxyl groups is 1. The van der Waals surface area contributed by atoms with Gasteiger partial charge in [-0.15, -0.1) is 0 Å². The van der Waals surface area contributed by atoms with Gasteiger partial charge in [-0.05, 0) is 17.5 Å². The van der Waals surface area contributed by atoms with E-state index in [-0.39, 0.29) is 11.3 Å². The van der Waals surface area contributed by atoms with Gasteiger partial charge in [-0.25, -0.2) is 4.79 Å². The summed E-state index contributed by atoms with van der Waals surface area (Å²) in [7, 11) is 0. The molecule has 1 heterocycles. The lowest BCUT2D eigenvalue weighted by atomic mass is 10.1. The van der Waals surface area contributed by atoms with Crippen molar-refractivity contribution >= 4 is 21.7 Å². The quantitative estimate of drug-likeness (QED) is 0.460. The lowest BCUT2D eigenvalue weighted by Crippen LogP contribution is -1.94. The lowest BCUT2D eigenvalue weighted by Gasteiger charge is -2.03. The summed E-state index contributed by atoms with van der Waals surface area (Å²) < 4.78 is 4.99. The monoisotopic (exact) mass is 212 g/mol. The Kier molecular flexibility index (Phi) is 1.74. The Morgan fingerprint density at radius 2 is 1.81 bits per heavy atom. The van der Waals surface area contributed by atoms with Crippen LogP contribution in [-0.4, -0.2) is 5.11 Å². The number of hydrogen-bond donors (Lipinski definition) is 1. The van der Waals surface area contributed by atoms with Crippen molar-refractivity contribution in [3.8, 4) is 5.75 Å². The molecular weight excluding hydrogens is 204 g/mol. The fraction of sp³-hybridized carbons (Fsp3) is 0. The minimum atomic E-state index is -0.460. The van der Waals surface area contributed by atoms with Gasteiger partial charge in [0.15, 0.2) is 11.3 Å². The second kappa shape index (κ2) is 3.10. The van der Waals surface area contributed by atoms with Crippen molar-refractivity contribution in [1.29, 1.82) is 0 Å². The number of phenolic OH excluding ortho intramolecular Hbond substituents is 1. The topological polar surface area (TPSA) is 50.4 Å².